The molecular weight excluding hydrogens is 247 g/mol. The second kappa shape index (κ2) is 10.3. The molecule has 1 aromatic carbocycles. The van der Waals surface area contributed by atoms with E-state index in [1.165, 1.54) is 19.4 Å². The van der Waals surface area contributed by atoms with Gasteiger partial charge in [0, 0.05) is 16.8 Å². The van der Waals surface area contributed by atoms with Crippen LogP contribution in [-0.4, -0.2) is 11.6 Å². The van der Waals surface area contributed by atoms with Crippen LogP contribution in [0, 0.1) is 0 Å². The van der Waals surface area contributed by atoms with Crippen molar-refractivity contribution in [3.8, 4) is 0 Å². The Morgan fingerprint density at radius 3 is 1.75 bits per heavy atom. The minimum absolute atomic E-state index is 0. The number of ketones is 2. The number of hydrogen-bond acceptors (Lipinski definition) is 2. The SMILES string of the molecule is C=Cc1ccccc1.CC(=O)CC(C)=O.[Co]. The van der Waals surface area contributed by atoms with Gasteiger partial charge in [-0.2, -0.15) is 0 Å². The Labute approximate surface area is 107 Å². The van der Waals surface area contributed by atoms with Gasteiger partial charge in [0.1, 0.15) is 11.6 Å². The Kier molecular flexibility index (Phi) is 11.1. The van der Waals surface area contributed by atoms with Crippen LogP contribution in [0.4, 0.5) is 0 Å². The van der Waals surface area contributed by atoms with Crippen LogP contribution < -0.4 is 0 Å². The summed E-state index contributed by atoms with van der Waals surface area (Å²) in [6.07, 6.45) is 1.92. The fourth-order valence-electron chi connectivity index (χ4n) is 0.940. The topological polar surface area (TPSA) is 34.1 Å². The van der Waals surface area contributed by atoms with Crippen molar-refractivity contribution in [3.63, 3.8) is 0 Å². The third kappa shape index (κ3) is 10.9. The molecule has 0 saturated heterocycles. The number of carbonyl (C=O) groups is 2. The fourth-order valence-corrected chi connectivity index (χ4v) is 0.940. The molecule has 1 aromatic rings. The monoisotopic (exact) mass is 263 g/mol. The summed E-state index contributed by atoms with van der Waals surface area (Å²) in [5.74, 6) is -0.125. The maximum atomic E-state index is 10.0. The quantitative estimate of drug-likeness (QED) is 0.786. The van der Waals surface area contributed by atoms with Crippen LogP contribution in [0.3, 0.4) is 0 Å². The minimum Gasteiger partial charge on any atom is -0.300 e. The zero-order valence-electron chi connectivity index (χ0n) is 9.53. The molecular formula is C13H16CoO2. The predicted octanol–water partition coefficient (Wildman–Crippen LogP) is 2.88. The van der Waals surface area contributed by atoms with Crippen LogP contribution in [-0.2, 0) is 26.4 Å². The maximum absolute atomic E-state index is 10.0. The van der Waals surface area contributed by atoms with Crippen LogP contribution in [0.1, 0.15) is 25.8 Å². The van der Waals surface area contributed by atoms with Gasteiger partial charge in [-0.15, -0.1) is 0 Å². The maximum Gasteiger partial charge on any atom is 0.137 e. The number of hydrogen-bond donors (Lipinski definition) is 0. The first-order valence-electron chi connectivity index (χ1n) is 4.72. The van der Waals surface area contributed by atoms with Crippen molar-refractivity contribution >= 4 is 17.6 Å². The number of benzene rings is 1. The molecule has 0 bridgehead atoms. The zero-order chi connectivity index (χ0) is 11.7. The van der Waals surface area contributed by atoms with E-state index in [-0.39, 0.29) is 34.8 Å². The van der Waals surface area contributed by atoms with Gasteiger partial charge in [0.15, 0.2) is 0 Å². The van der Waals surface area contributed by atoms with E-state index in [2.05, 4.69) is 6.58 Å². The van der Waals surface area contributed by atoms with Gasteiger partial charge in [0.2, 0.25) is 0 Å². The molecule has 1 radical (unpaired) electrons. The normalized spacial score (nSPS) is 7.88. The summed E-state index contributed by atoms with van der Waals surface area (Å²) in [7, 11) is 0. The zero-order valence-corrected chi connectivity index (χ0v) is 10.6. The summed E-state index contributed by atoms with van der Waals surface area (Å²) in [5, 5.41) is 0. The first-order chi connectivity index (χ1) is 7.06. The van der Waals surface area contributed by atoms with Gasteiger partial charge in [-0.05, 0) is 19.4 Å². The second-order valence-electron chi connectivity index (χ2n) is 3.20. The predicted molar refractivity (Wildman–Crippen MR) is 62.5 cm³/mol. The number of Topliss-reactive ketones (excluding diaryl/α,β-unsaturated/α-hetero) is 2. The molecule has 0 amide bonds. The summed E-state index contributed by atoms with van der Waals surface area (Å²) in [4.78, 5) is 20.1. The van der Waals surface area contributed by atoms with E-state index in [0.717, 1.165) is 0 Å². The van der Waals surface area contributed by atoms with Crippen molar-refractivity contribution < 1.29 is 26.4 Å². The molecule has 16 heavy (non-hydrogen) atoms. The largest absolute Gasteiger partial charge is 0.300 e. The van der Waals surface area contributed by atoms with Gasteiger partial charge < -0.3 is 0 Å². The van der Waals surface area contributed by atoms with Crippen molar-refractivity contribution in [1.82, 2.24) is 0 Å². The van der Waals surface area contributed by atoms with Crippen LogP contribution in [0.25, 0.3) is 6.08 Å². The van der Waals surface area contributed by atoms with Crippen molar-refractivity contribution in [2.45, 2.75) is 20.3 Å². The van der Waals surface area contributed by atoms with Crippen LogP contribution in [0.5, 0.6) is 0 Å². The molecule has 1 rings (SSSR count). The first kappa shape index (κ1) is 17.2. The van der Waals surface area contributed by atoms with Crippen LogP contribution in [0.2, 0.25) is 0 Å². The van der Waals surface area contributed by atoms with Crippen LogP contribution >= 0.6 is 0 Å². The molecule has 89 valence electrons. The van der Waals surface area contributed by atoms with E-state index in [4.69, 9.17) is 0 Å². The van der Waals surface area contributed by atoms with Crippen molar-refractivity contribution in [1.29, 1.82) is 0 Å². The Morgan fingerprint density at radius 1 is 1.12 bits per heavy atom. The molecule has 0 spiro atoms. The molecule has 0 aliphatic rings. The Balaban J connectivity index is 0. The van der Waals surface area contributed by atoms with E-state index < -0.39 is 0 Å². The molecule has 0 atom stereocenters. The van der Waals surface area contributed by atoms with E-state index >= 15 is 0 Å². The van der Waals surface area contributed by atoms with Gasteiger partial charge >= 0.3 is 0 Å². The van der Waals surface area contributed by atoms with Gasteiger partial charge in [-0.25, -0.2) is 0 Å². The Morgan fingerprint density at radius 2 is 1.56 bits per heavy atom. The molecule has 0 aliphatic heterocycles. The summed E-state index contributed by atoms with van der Waals surface area (Å²) in [6.45, 7) is 6.44. The molecule has 2 nitrogen and oxygen atoms in total. The fraction of sp³-hybridized carbons (Fsp3) is 0.231. The Bertz CT molecular complexity index is 319. The van der Waals surface area contributed by atoms with E-state index in [1.54, 1.807) is 0 Å². The van der Waals surface area contributed by atoms with E-state index in [0.29, 0.717) is 0 Å². The number of carbonyl (C=O) groups excluding carboxylic acids is 2. The van der Waals surface area contributed by atoms with Gasteiger partial charge in [-0.1, -0.05) is 43.0 Å². The minimum atomic E-state index is -0.0625. The molecule has 0 aromatic heterocycles. The van der Waals surface area contributed by atoms with Crippen molar-refractivity contribution in [2.75, 3.05) is 0 Å². The van der Waals surface area contributed by atoms with Gasteiger partial charge in [0.25, 0.3) is 0 Å². The Hall–Kier alpha value is -1.19. The van der Waals surface area contributed by atoms with Gasteiger partial charge in [-0.3, -0.25) is 9.59 Å². The van der Waals surface area contributed by atoms with E-state index in [9.17, 15) is 9.59 Å². The third-order valence-electron chi connectivity index (χ3n) is 1.53. The summed E-state index contributed by atoms with van der Waals surface area (Å²) >= 11 is 0. The van der Waals surface area contributed by atoms with E-state index in [1.807, 2.05) is 36.4 Å². The molecule has 3 heteroatoms. The summed E-state index contributed by atoms with van der Waals surface area (Å²) in [5.41, 5.74) is 1.17. The molecule has 0 fully saturated rings. The average Bonchev–Trinajstić information content (AvgIpc) is 2.18. The van der Waals surface area contributed by atoms with Crippen LogP contribution in [0.15, 0.2) is 36.9 Å². The average molecular weight is 263 g/mol. The smallest absolute Gasteiger partial charge is 0.137 e. The number of rotatable bonds is 3. The molecule has 0 aliphatic carbocycles. The van der Waals surface area contributed by atoms with Crippen molar-refractivity contribution in [3.05, 3.63) is 42.5 Å². The first-order valence-corrected chi connectivity index (χ1v) is 4.72. The molecule has 0 heterocycles. The summed E-state index contributed by atoms with van der Waals surface area (Å²) < 4.78 is 0. The molecule has 0 N–H and O–H groups in total. The molecule has 0 saturated carbocycles. The third-order valence-corrected chi connectivity index (χ3v) is 1.53. The standard InChI is InChI=1S/C8H8.C5H8O2.Co/c1-2-8-6-4-3-5-7-8;1-4(6)3-5(2)7;/h2-7H,1H2;3H2,1-2H3;. The van der Waals surface area contributed by atoms with Gasteiger partial charge in [0.05, 0.1) is 6.42 Å². The summed E-state index contributed by atoms with van der Waals surface area (Å²) in [6, 6.07) is 10.0. The molecule has 0 unspecified atom stereocenters. The van der Waals surface area contributed by atoms with Crippen molar-refractivity contribution in [2.24, 2.45) is 0 Å². The second-order valence-corrected chi connectivity index (χ2v) is 3.20.